The summed E-state index contributed by atoms with van der Waals surface area (Å²) in [5, 5.41) is 0.952. The number of aromatic nitrogens is 1. The van der Waals surface area contributed by atoms with Crippen LogP contribution in [-0.4, -0.2) is 33.8 Å². The highest BCUT2D eigenvalue weighted by atomic mass is 19.1. The van der Waals surface area contributed by atoms with E-state index in [9.17, 15) is 14.0 Å². The Morgan fingerprint density at radius 2 is 1.95 bits per heavy atom. The number of amides is 2. The van der Waals surface area contributed by atoms with E-state index >= 15 is 0 Å². The molecule has 1 N–H and O–H groups in total. The molecular formula is C31H32FN3O2. The van der Waals surface area contributed by atoms with Crippen LogP contribution in [0, 0.1) is 5.82 Å². The van der Waals surface area contributed by atoms with Crippen molar-refractivity contribution in [3.05, 3.63) is 102 Å². The maximum atomic E-state index is 14.4. The normalized spacial score (nSPS) is 18.8. The van der Waals surface area contributed by atoms with Gasteiger partial charge in [-0.25, -0.2) is 4.39 Å². The topological polar surface area (TPSA) is 56.4 Å². The van der Waals surface area contributed by atoms with E-state index in [1.54, 1.807) is 18.2 Å². The van der Waals surface area contributed by atoms with Gasteiger partial charge < -0.3 is 9.88 Å². The number of para-hydroxylation sites is 1. The molecule has 1 unspecified atom stereocenters. The largest absolute Gasteiger partial charge is 0.361 e. The van der Waals surface area contributed by atoms with Gasteiger partial charge in [0, 0.05) is 40.1 Å². The SMILES string of the molecule is C=CC1=C(/C=C\C)C(N(C(=O)Cc2c[nH]c3ccccc23)c2cccc(F)c2)C(=O)N1C1CCCCC1. The van der Waals surface area contributed by atoms with Crippen LogP contribution in [0.4, 0.5) is 10.1 Å². The molecule has 1 aliphatic heterocycles. The maximum Gasteiger partial charge on any atom is 0.255 e. The number of rotatable bonds is 7. The molecule has 1 saturated carbocycles. The summed E-state index contributed by atoms with van der Waals surface area (Å²) in [5.74, 6) is -0.895. The van der Waals surface area contributed by atoms with Gasteiger partial charge in [-0.05, 0) is 55.7 Å². The fourth-order valence-electron chi connectivity index (χ4n) is 5.79. The number of aromatic amines is 1. The molecule has 190 valence electrons. The van der Waals surface area contributed by atoms with Crippen molar-refractivity contribution < 1.29 is 14.0 Å². The number of halogens is 1. The third kappa shape index (κ3) is 4.64. The van der Waals surface area contributed by atoms with E-state index < -0.39 is 11.9 Å². The Hall–Kier alpha value is -3.93. The lowest BCUT2D eigenvalue weighted by atomic mass is 9.94. The van der Waals surface area contributed by atoms with Gasteiger partial charge in [0.1, 0.15) is 11.9 Å². The van der Waals surface area contributed by atoms with Crippen LogP contribution in [0.5, 0.6) is 0 Å². The Bertz CT molecular complexity index is 1400. The lowest BCUT2D eigenvalue weighted by molar-refractivity contribution is -0.132. The number of nitrogens with one attached hydrogen (secondary N) is 1. The molecule has 2 amide bonds. The standard InChI is InChI=1S/C31H32FN3O2/c1-3-11-26-28(4-2)34(23-13-6-5-7-14-23)31(37)30(26)35(24-15-10-12-22(32)19-24)29(36)18-21-20-33-27-17-9-8-16-25(21)27/h3-4,8-12,15-17,19-20,23,30,33H,2,5-7,13-14,18H2,1H3/b11-3-. The number of carbonyl (C=O) groups is 2. The Morgan fingerprint density at radius 3 is 2.68 bits per heavy atom. The Labute approximate surface area is 217 Å². The summed E-state index contributed by atoms with van der Waals surface area (Å²) in [4.78, 5) is 34.8. The molecule has 1 aromatic heterocycles. The highest BCUT2D eigenvalue weighted by molar-refractivity contribution is 6.06. The van der Waals surface area contributed by atoms with E-state index in [-0.39, 0.29) is 24.3 Å². The van der Waals surface area contributed by atoms with Crippen LogP contribution in [0.2, 0.25) is 0 Å². The summed E-state index contributed by atoms with van der Waals surface area (Å²) < 4.78 is 14.4. The fourth-order valence-corrected chi connectivity index (χ4v) is 5.79. The van der Waals surface area contributed by atoms with Crippen LogP contribution in [0.15, 0.2) is 90.8 Å². The van der Waals surface area contributed by atoms with Crippen molar-refractivity contribution in [2.24, 2.45) is 0 Å². The number of anilines is 1. The molecule has 0 saturated heterocycles. The number of fused-ring (bicyclic) bond motifs is 1. The minimum Gasteiger partial charge on any atom is -0.361 e. The van der Waals surface area contributed by atoms with E-state index in [0.29, 0.717) is 11.3 Å². The minimum absolute atomic E-state index is 0.0672. The van der Waals surface area contributed by atoms with Crippen LogP contribution in [0.3, 0.4) is 0 Å². The first-order chi connectivity index (χ1) is 18.0. The zero-order valence-electron chi connectivity index (χ0n) is 21.1. The van der Waals surface area contributed by atoms with Crippen molar-refractivity contribution >= 4 is 28.4 Å². The van der Waals surface area contributed by atoms with Gasteiger partial charge in [0.15, 0.2) is 0 Å². The second kappa shape index (κ2) is 10.6. The number of H-pyrrole nitrogens is 1. The third-order valence-corrected chi connectivity index (χ3v) is 7.43. The van der Waals surface area contributed by atoms with Gasteiger partial charge >= 0.3 is 0 Å². The summed E-state index contributed by atoms with van der Waals surface area (Å²) in [7, 11) is 0. The number of benzene rings is 2. The average Bonchev–Trinajstić information content (AvgIpc) is 3.43. The monoisotopic (exact) mass is 497 g/mol. The summed E-state index contributed by atoms with van der Waals surface area (Å²) in [6, 6.07) is 12.9. The van der Waals surface area contributed by atoms with Crippen molar-refractivity contribution in [1.82, 2.24) is 9.88 Å². The van der Waals surface area contributed by atoms with Crippen LogP contribution < -0.4 is 4.90 Å². The average molecular weight is 498 g/mol. The van der Waals surface area contributed by atoms with E-state index in [4.69, 9.17) is 0 Å². The molecule has 2 heterocycles. The van der Waals surface area contributed by atoms with Crippen molar-refractivity contribution in [3.8, 4) is 0 Å². The molecule has 6 heteroatoms. The molecule has 1 aliphatic carbocycles. The Balaban J connectivity index is 1.60. The molecule has 5 rings (SSSR count). The number of nitrogens with zero attached hydrogens (tertiary/aromatic N) is 2. The van der Waals surface area contributed by atoms with Gasteiger partial charge in [-0.1, -0.05) is 62.3 Å². The second-order valence-electron chi connectivity index (χ2n) is 9.73. The van der Waals surface area contributed by atoms with Gasteiger partial charge in [-0.2, -0.15) is 0 Å². The highest BCUT2D eigenvalue weighted by Gasteiger charge is 2.46. The Kier molecular flexibility index (Phi) is 7.08. The predicted octanol–water partition coefficient (Wildman–Crippen LogP) is 6.44. The molecule has 5 nitrogen and oxygen atoms in total. The molecule has 1 fully saturated rings. The number of carbonyl (C=O) groups excluding carboxylic acids is 2. The van der Waals surface area contributed by atoms with Crippen LogP contribution >= 0.6 is 0 Å². The molecule has 0 bridgehead atoms. The van der Waals surface area contributed by atoms with Crippen LogP contribution in [-0.2, 0) is 16.0 Å². The van der Waals surface area contributed by atoms with Gasteiger partial charge in [-0.3, -0.25) is 14.5 Å². The first-order valence-electron chi connectivity index (χ1n) is 13.0. The highest BCUT2D eigenvalue weighted by Crippen LogP contribution is 2.38. The predicted molar refractivity (Wildman–Crippen MR) is 145 cm³/mol. The minimum atomic E-state index is -0.898. The first-order valence-corrected chi connectivity index (χ1v) is 13.0. The fraction of sp³-hybridized carbons (Fsp3) is 0.290. The summed E-state index contributed by atoms with van der Waals surface area (Å²) in [6.45, 7) is 5.91. The van der Waals surface area contributed by atoms with Crippen molar-refractivity contribution in [2.45, 2.75) is 57.5 Å². The van der Waals surface area contributed by atoms with Gasteiger partial charge in [0.25, 0.3) is 5.91 Å². The van der Waals surface area contributed by atoms with E-state index in [2.05, 4.69) is 11.6 Å². The molecule has 1 atom stereocenters. The van der Waals surface area contributed by atoms with Crippen LogP contribution in [0.1, 0.15) is 44.6 Å². The van der Waals surface area contributed by atoms with E-state index in [1.165, 1.54) is 17.0 Å². The van der Waals surface area contributed by atoms with Crippen molar-refractivity contribution in [2.75, 3.05) is 4.90 Å². The molecule has 0 radical (unpaired) electrons. The number of allylic oxidation sites excluding steroid dienone is 2. The lowest BCUT2D eigenvalue weighted by Crippen LogP contribution is -2.50. The van der Waals surface area contributed by atoms with E-state index in [0.717, 1.165) is 54.3 Å². The second-order valence-corrected chi connectivity index (χ2v) is 9.73. The Morgan fingerprint density at radius 1 is 1.16 bits per heavy atom. The van der Waals surface area contributed by atoms with Crippen molar-refractivity contribution in [1.29, 1.82) is 0 Å². The zero-order valence-corrected chi connectivity index (χ0v) is 21.1. The molecular weight excluding hydrogens is 465 g/mol. The zero-order chi connectivity index (χ0) is 25.9. The third-order valence-electron chi connectivity index (χ3n) is 7.43. The maximum absolute atomic E-state index is 14.4. The quantitative estimate of drug-likeness (QED) is 0.408. The van der Waals surface area contributed by atoms with Gasteiger partial charge in [0.05, 0.1) is 6.42 Å². The van der Waals surface area contributed by atoms with Gasteiger partial charge in [-0.15, -0.1) is 0 Å². The molecule has 37 heavy (non-hydrogen) atoms. The smallest absolute Gasteiger partial charge is 0.255 e. The van der Waals surface area contributed by atoms with Gasteiger partial charge in [0.2, 0.25) is 5.91 Å². The van der Waals surface area contributed by atoms with Crippen LogP contribution in [0.25, 0.3) is 10.9 Å². The molecule has 3 aromatic rings. The number of hydrogen-bond donors (Lipinski definition) is 1. The molecule has 2 aliphatic rings. The summed E-state index contributed by atoms with van der Waals surface area (Å²) in [5.41, 5.74) is 3.58. The van der Waals surface area contributed by atoms with Crippen molar-refractivity contribution in [3.63, 3.8) is 0 Å². The summed E-state index contributed by atoms with van der Waals surface area (Å²) >= 11 is 0. The van der Waals surface area contributed by atoms with E-state index in [1.807, 2.05) is 54.4 Å². The molecule has 0 spiro atoms. The first kappa shape index (κ1) is 24.8. The number of hydrogen-bond acceptors (Lipinski definition) is 2. The molecule has 2 aromatic carbocycles. The summed E-state index contributed by atoms with van der Waals surface area (Å²) in [6.07, 6.45) is 12.5. The lowest BCUT2D eigenvalue weighted by Gasteiger charge is -2.34.